The Morgan fingerprint density at radius 3 is 2.00 bits per heavy atom. The third-order valence-corrected chi connectivity index (χ3v) is 4.60. The summed E-state index contributed by atoms with van der Waals surface area (Å²) >= 11 is 0. The molecule has 0 aromatic carbocycles. The van der Waals surface area contributed by atoms with Crippen LogP contribution in [0.1, 0.15) is 6.92 Å². The van der Waals surface area contributed by atoms with Crippen molar-refractivity contribution in [2.75, 3.05) is 20.3 Å². The lowest BCUT2D eigenvalue weighted by atomic mass is 9.95. The second-order valence-corrected chi connectivity index (χ2v) is 6.48. The van der Waals surface area contributed by atoms with Crippen LogP contribution in [0.4, 0.5) is 0 Å². The minimum Gasteiger partial charge on any atom is -0.394 e. The van der Waals surface area contributed by atoms with Gasteiger partial charge in [0.1, 0.15) is 48.8 Å². The largest absolute Gasteiger partial charge is 0.394 e. The summed E-state index contributed by atoms with van der Waals surface area (Å²) in [5.74, 6) is -0.554. The minimum absolute atomic E-state index is 0.554. The maximum atomic E-state index is 11.4. The molecule has 0 saturated carbocycles. The van der Waals surface area contributed by atoms with E-state index in [1.807, 2.05) is 0 Å². The zero-order valence-corrected chi connectivity index (χ0v) is 14.9. The van der Waals surface area contributed by atoms with Crippen molar-refractivity contribution in [2.24, 2.45) is 0 Å². The van der Waals surface area contributed by atoms with E-state index in [4.69, 9.17) is 18.9 Å². The predicted molar refractivity (Wildman–Crippen MR) is 85.0 cm³/mol. The highest BCUT2D eigenvalue weighted by Crippen LogP contribution is 2.29. The van der Waals surface area contributed by atoms with Gasteiger partial charge >= 0.3 is 0 Å². The smallest absolute Gasteiger partial charge is 0.217 e. The van der Waals surface area contributed by atoms with Gasteiger partial charge in [-0.3, -0.25) is 4.79 Å². The summed E-state index contributed by atoms with van der Waals surface area (Å²) in [6.45, 7) is -0.0617. The molecule has 27 heavy (non-hydrogen) atoms. The summed E-state index contributed by atoms with van der Waals surface area (Å²) in [5.41, 5.74) is 0. The number of carbonyl (C=O) groups is 1. The number of rotatable bonds is 6. The average molecular weight is 397 g/mol. The van der Waals surface area contributed by atoms with Gasteiger partial charge in [-0.05, 0) is 0 Å². The molecule has 7 N–H and O–H groups in total. The molecule has 0 spiro atoms. The third-order valence-electron chi connectivity index (χ3n) is 4.60. The van der Waals surface area contributed by atoms with Gasteiger partial charge in [0, 0.05) is 14.0 Å². The molecular weight excluding hydrogens is 370 g/mol. The van der Waals surface area contributed by atoms with E-state index in [9.17, 15) is 35.4 Å². The van der Waals surface area contributed by atoms with Crippen molar-refractivity contribution in [3.05, 3.63) is 0 Å². The van der Waals surface area contributed by atoms with Crippen LogP contribution in [0.5, 0.6) is 0 Å². The highest BCUT2D eigenvalue weighted by atomic mass is 16.7. The predicted octanol–water partition coefficient (Wildman–Crippen LogP) is -4.60. The Labute approximate surface area is 155 Å². The summed E-state index contributed by atoms with van der Waals surface area (Å²) in [5, 5.41) is 61.9. The molecule has 2 heterocycles. The highest BCUT2D eigenvalue weighted by Gasteiger charge is 2.51. The van der Waals surface area contributed by atoms with Crippen molar-refractivity contribution in [3.63, 3.8) is 0 Å². The number of ether oxygens (including phenoxy) is 4. The lowest BCUT2D eigenvalue weighted by Gasteiger charge is -2.46. The molecule has 2 fully saturated rings. The van der Waals surface area contributed by atoms with E-state index >= 15 is 0 Å². The van der Waals surface area contributed by atoms with Gasteiger partial charge in [-0.2, -0.15) is 0 Å². The number of aliphatic hydroxyl groups excluding tert-OH is 6. The highest BCUT2D eigenvalue weighted by molar-refractivity contribution is 5.73. The van der Waals surface area contributed by atoms with Gasteiger partial charge in [0.15, 0.2) is 12.6 Å². The molecule has 0 aliphatic carbocycles. The number of hydrogen-bond donors (Lipinski definition) is 7. The number of amides is 1. The van der Waals surface area contributed by atoms with Crippen molar-refractivity contribution < 1.29 is 54.4 Å². The standard InChI is InChI=1S/C15H27NO11/c1-5(19)16-8-11(22)9(20)6(3-17)25-14(8)27-13-10(21)7(4-18)26-15(24-2)12(13)23/h6-15,17-18,20-23H,3-4H2,1-2H3,(H,16,19)/t6-,7+,8+,9-,10+,11+,12+,13-,14+,15+/m1/s1. The fraction of sp³-hybridized carbons (Fsp3) is 0.933. The zero-order chi connectivity index (χ0) is 20.3. The van der Waals surface area contributed by atoms with Gasteiger partial charge in [0.25, 0.3) is 0 Å². The molecule has 12 nitrogen and oxygen atoms in total. The number of carbonyl (C=O) groups excluding carboxylic acids is 1. The Morgan fingerprint density at radius 1 is 0.926 bits per heavy atom. The van der Waals surface area contributed by atoms with E-state index < -0.39 is 80.5 Å². The quantitative estimate of drug-likeness (QED) is 0.228. The van der Waals surface area contributed by atoms with E-state index in [1.54, 1.807) is 0 Å². The normalized spacial score (nSPS) is 45.5. The van der Waals surface area contributed by atoms with Gasteiger partial charge in [-0.25, -0.2) is 0 Å². The molecule has 0 aromatic rings. The fourth-order valence-electron chi connectivity index (χ4n) is 3.15. The summed E-state index contributed by atoms with van der Waals surface area (Å²) in [6, 6.07) is -1.25. The topological polar surface area (TPSA) is 187 Å². The maximum absolute atomic E-state index is 11.4. The van der Waals surface area contributed by atoms with Crippen LogP contribution in [0.15, 0.2) is 0 Å². The Hall–Kier alpha value is -0.930. The molecule has 2 aliphatic rings. The summed E-state index contributed by atoms with van der Waals surface area (Å²) in [7, 11) is 1.25. The zero-order valence-electron chi connectivity index (χ0n) is 14.9. The Morgan fingerprint density at radius 2 is 1.48 bits per heavy atom. The molecule has 0 unspecified atom stereocenters. The number of hydrogen-bond acceptors (Lipinski definition) is 11. The molecule has 1 amide bonds. The average Bonchev–Trinajstić information content (AvgIpc) is 2.64. The third kappa shape index (κ3) is 4.74. The monoisotopic (exact) mass is 397 g/mol. The first kappa shape index (κ1) is 22.4. The van der Waals surface area contributed by atoms with Crippen molar-refractivity contribution in [1.29, 1.82) is 0 Å². The van der Waals surface area contributed by atoms with Gasteiger partial charge in [0.05, 0.1) is 13.2 Å². The molecule has 0 bridgehead atoms. The van der Waals surface area contributed by atoms with Crippen LogP contribution in [0.3, 0.4) is 0 Å². The fourth-order valence-corrected chi connectivity index (χ4v) is 3.15. The van der Waals surface area contributed by atoms with E-state index in [0.29, 0.717) is 0 Å². The first-order valence-corrected chi connectivity index (χ1v) is 8.45. The molecule has 2 aliphatic heterocycles. The second kappa shape index (κ2) is 9.52. The lowest BCUT2D eigenvalue weighted by molar-refractivity contribution is -0.344. The van der Waals surface area contributed by atoms with Crippen LogP contribution in [0, 0.1) is 0 Å². The van der Waals surface area contributed by atoms with Crippen molar-refractivity contribution >= 4 is 5.91 Å². The van der Waals surface area contributed by atoms with Crippen LogP contribution >= 0.6 is 0 Å². The van der Waals surface area contributed by atoms with Crippen LogP contribution in [0.25, 0.3) is 0 Å². The first-order valence-electron chi connectivity index (χ1n) is 8.45. The Bertz CT molecular complexity index is 478. The van der Waals surface area contributed by atoms with Crippen LogP contribution in [0.2, 0.25) is 0 Å². The van der Waals surface area contributed by atoms with Gasteiger partial charge < -0.3 is 54.9 Å². The summed E-state index contributed by atoms with van der Waals surface area (Å²) in [6.07, 6.45) is -12.4. The molecule has 2 saturated heterocycles. The Balaban J connectivity index is 2.24. The van der Waals surface area contributed by atoms with Gasteiger partial charge in [0.2, 0.25) is 5.91 Å². The van der Waals surface area contributed by atoms with Crippen molar-refractivity contribution in [1.82, 2.24) is 5.32 Å². The van der Waals surface area contributed by atoms with Crippen LogP contribution in [-0.2, 0) is 23.7 Å². The van der Waals surface area contributed by atoms with Crippen LogP contribution in [-0.4, -0.2) is 118 Å². The SMILES string of the molecule is CO[C@H]1O[C@@H](CO)[C@H](O)[C@@H](O[C@@H]2O[C@H](CO)[C@@H](O)[C@@H](O)[C@@H]2NC(C)=O)[C@@H]1O. The maximum Gasteiger partial charge on any atom is 0.217 e. The molecule has 0 aromatic heterocycles. The molecule has 0 radical (unpaired) electrons. The van der Waals surface area contributed by atoms with Crippen molar-refractivity contribution in [3.8, 4) is 0 Å². The molecule has 12 heteroatoms. The van der Waals surface area contributed by atoms with E-state index in [-0.39, 0.29) is 0 Å². The number of nitrogens with one attached hydrogen (secondary N) is 1. The van der Waals surface area contributed by atoms with E-state index in [0.717, 1.165) is 0 Å². The Kier molecular flexibility index (Phi) is 7.88. The van der Waals surface area contributed by atoms with E-state index in [1.165, 1.54) is 14.0 Å². The molecule has 10 atom stereocenters. The summed E-state index contributed by atoms with van der Waals surface area (Å²) in [4.78, 5) is 11.4. The molecular formula is C15H27NO11. The van der Waals surface area contributed by atoms with Crippen LogP contribution < -0.4 is 5.32 Å². The molecule has 158 valence electrons. The lowest BCUT2D eigenvalue weighted by Crippen LogP contribution is -2.67. The van der Waals surface area contributed by atoms with Gasteiger partial charge in [-0.15, -0.1) is 0 Å². The second-order valence-electron chi connectivity index (χ2n) is 6.48. The number of methoxy groups -OCH3 is 1. The molecule has 2 rings (SSSR count). The number of aliphatic hydroxyl groups is 6. The van der Waals surface area contributed by atoms with Gasteiger partial charge in [-0.1, -0.05) is 0 Å². The minimum atomic E-state index is -1.55. The summed E-state index contributed by atoms with van der Waals surface area (Å²) < 4.78 is 21.2. The first-order chi connectivity index (χ1) is 12.7. The van der Waals surface area contributed by atoms with E-state index in [2.05, 4.69) is 5.32 Å². The van der Waals surface area contributed by atoms with Crippen molar-refractivity contribution in [2.45, 2.75) is 68.3 Å².